The zero-order valence-electron chi connectivity index (χ0n) is 10.0. The molecule has 0 unspecified atom stereocenters. The number of ether oxygens (including phenoxy) is 1. The van der Waals surface area contributed by atoms with Crippen LogP contribution in [0.5, 0.6) is 5.88 Å². The Kier molecular flexibility index (Phi) is 3.27. The zero-order valence-corrected chi connectivity index (χ0v) is 10.0. The van der Waals surface area contributed by atoms with Crippen molar-refractivity contribution in [3.63, 3.8) is 0 Å². The van der Waals surface area contributed by atoms with Crippen LogP contribution in [0.4, 0.5) is 0 Å². The van der Waals surface area contributed by atoms with Gasteiger partial charge < -0.3 is 9.15 Å². The molecule has 0 saturated heterocycles. The second-order valence-electron chi connectivity index (χ2n) is 3.73. The SMILES string of the molecule is COc1cc(C(=O)CC(=O)c2ccoc2)nn1C. The molecule has 2 aromatic heterocycles. The molecule has 0 aliphatic heterocycles. The van der Waals surface area contributed by atoms with Crippen LogP contribution in [0.1, 0.15) is 27.3 Å². The molecule has 6 nitrogen and oxygen atoms in total. The molecule has 2 heterocycles. The van der Waals surface area contributed by atoms with E-state index in [1.165, 1.54) is 36.5 Å². The number of nitrogens with zero attached hydrogens (tertiary/aromatic N) is 2. The predicted molar refractivity (Wildman–Crippen MR) is 61.7 cm³/mol. The van der Waals surface area contributed by atoms with E-state index in [0.717, 1.165) is 0 Å². The van der Waals surface area contributed by atoms with Gasteiger partial charge >= 0.3 is 0 Å². The highest BCUT2D eigenvalue weighted by atomic mass is 16.5. The van der Waals surface area contributed by atoms with Gasteiger partial charge in [-0.1, -0.05) is 0 Å². The van der Waals surface area contributed by atoms with Gasteiger partial charge in [0.2, 0.25) is 5.88 Å². The number of aryl methyl sites for hydroxylation is 1. The second-order valence-corrected chi connectivity index (χ2v) is 3.73. The summed E-state index contributed by atoms with van der Waals surface area (Å²) in [4.78, 5) is 23.6. The van der Waals surface area contributed by atoms with Crippen LogP contribution in [-0.4, -0.2) is 28.5 Å². The van der Waals surface area contributed by atoms with Gasteiger partial charge in [-0.15, -0.1) is 0 Å². The molecule has 6 heteroatoms. The third-order valence-corrected chi connectivity index (χ3v) is 2.50. The minimum atomic E-state index is -0.347. The number of Topliss-reactive ketones (excluding diaryl/α,β-unsaturated/α-hetero) is 2. The molecule has 0 radical (unpaired) electrons. The molecular weight excluding hydrogens is 236 g/mol. The Morgan fingerprint density at radius 3 is 2.78 bits per heavy atom. The quantitative estimate of drug-likeness (QED) is 0.591. The first-order valence-electron chi connectivity index (χ1n) is 5.28. The lowest BCUT2D eigenvalue weighted by atomic mass is 10.1. The summed E-state index contributed by atoms with van der Waals surface area (Å²) in [6, 6.07) is 3.03. The highest BCUT2D eigenvalue weighted by molar-refractivity contribution is 6.12. The Bertz CT molecular complexity index is 569. The Balaban J connectivity index is 2.10. The molecule has 0 aliphatic rings. The molecular formula is C12H12N2O4. The van der Waals surface area contributed by atoms with Gasteiger partial charge in [-0.25, -0.2) is 4.68 Å². The molecule has 94 valence electrons. The molecule has 0 spiro atoms. The topological polar surface area (TPSA) is 74.3 Å². The van der Waals surface area contributed by atoms with E-state index in [-0.39, 0.29) is 23.7 Å². The van der Waals surface area contributed by atoms with Crippen molar-refractivity contribution in [2.45, 2.75) is 6.42 Å². The minimum Gasteiger partial charge on any atom is -0.481 e. The highest BCUT2D eigenvalue weighted by Gasteiger charge is 2.18. The molecule has 0 fully saturated rings. The number of hydrogen-bond acceptors (Lipinski definition) is 5. The Labute approximate surface area is 103 Å². The molecule has 0 saturated carbocycles. The van der Waals surface area contributed by atoms with E-state index < -0.39 is 0 Å². The molecule has 18 heavy (non-hydrogen) atoms. The molecule has 0 aromatic carbocycles. The summed E-state index contributed by atoms with van der Waals surface area (Å²) in [6.45, 7) is 0. The van der Waals surface area contributed by atoms with Gasteiger partial charge in [0.05, 0.1) is 25.4 Å². The first-order valence-corrected chi connectivity index (χ1v) is 5.28. The monoisotopic (exact) mass is 248 g/mol. The Morgan fingerprint density at radius 1 is 1.44 bits per heavy atom. The average molecular weight is 248 g/mol. The van der Waals surface area contributed by atoms with Gasteiger partial charge in [-0.05, 0) is 6.07 Å². The van der Waals surface area contributed by atoms with Crippen molar-refractivity contribution in [1.82, 2.24) is 9.78 Å². The maximum atomic E-state index is 11.8. The summed E-state index contributed by atoms with van der Waals surface area (Å²) in [5, 5.41) is 3.98. The highest BCUT2D eigenvalue weighted by Crippen LogP contribution is 2.14. The lowest BCUT2D eigenvalue weighted by molar-refractivity contribution is 0.0891. The van der Waals surface area contributed by atoms with E-state index in [0.29, 0.717) is 11.4 Å². The van der Waals surface area contributed by atoms with Crippen LogP contribution in [0.3, 0.4) is 0 Å². The maximum Gasteiger partial charge on any atom is 0.211 e. The molecule has 0 aliphatic carbocycles. The minimum absolute atomic E-state index is 0.214. The summed E-state index contributed by atoms with van der Waals surface area (Å²) >= 11 is 0. The zero-order chi connectivity index (χ0) is 13.1. The number of hydrogen-bond donors (Lipinski definition) is 0. The van der Waals surface area contributed by atoms with Crippen molar-refractivity contribution in [1.29, 1.82) is 0 Å². The lowest BCUT2D eigenvalue weighted by Crippen LogP contribution is -2.09. The van der Waals surface area contributed by atoms with Crippen LogP contribution < -0.4 is 4.74 Å². The lowest BCUT2D eigenvalue weighted by Gasteiger charge is -1.95. The number of furan rings is 1. The van der Waals surface area contributed by atoms with Gasteiger partial charge in [0.25, 0.3) is 0 Å². The van der Waals surface area contributed by atoms with Gasteiger partial charge in [-0.3, -0.25) is 9.59 Å². The van der Waals surface area contributed by atoms with Crippen LogP contribution in [0.25, 0.3) is 0 Å². The fourth-order valence-corrected chi connectivity index (χ4v) is 1.54. The number of rotatable bonds is 5. The average Bonchev–Trinajstić information content (AvgIpc) is 2.97. The third-order valence-electron chi connectivity index (χ3n) is 2.50. The first-order chi connectivity index (χ1) is 8.61. The smallest absolute Gasteiger partial charge is 0.211 e. The van der Waals surface area contributed by atoms with E-state index in [4.69, 9.17) is 9.15 Å². The van der Waals surface area contributed by atoms with Crippen molar-refractivity contribution in [2.75, 3.05) is 7.11 Å². The van der Waals surface area contributed by atoms with Crippen LogP contribution >= 0.6 is 0 Å². The van der Waals surface area contributed by atoms with Crippen LogP contribution in [0.15, 0.2) is 29.1 Å². The van der Waals surface area contributed by atoms with E-state index in [1.54, 1.807) is 7.05 Å². The fraction of sp³-hybridized carbons (Fsp3) is 0.250. The van der Waals surface area contributed by atoms with Crippen molar-refractivity contribution in [3.05, 3.63) is 35.9 Å². The Morgan fingerprint density at radius 2 is 2.22 bits per heavy atom. The largest absolute Gasteiger partial charge is 0.481 e. The van der Waals surface area contributed by atoms with Crippen molar-refractivity contribution in [3.8, 4) is 5.88 Å². The van der Waals surface area contributed by atoms with Crippen molar-refractivity contribution >= 4 is 11.6 Å². The number of ketones is 2. The molecule has 0 bridgehead atoms. The van der Waals surface area contributed by atoms with Crippen molar-refractivity contribution in [2.24, 2.45) is 7.05 Å². The summed E-state index contributed by atoms with van der Waals surface area (Å²) in [5.74, 6) is -0.174. The normalized spacial score (nSPS) is 10.3. The van der Waals surface area contributed by atoms with Gasteiger partial charge in [0, 0.05) is 13.1 Å². The summed E-state index contributed by atoms with van der Waals surface area (Å²) in [7, 11) is 3.15. The standard InChI is InChI=1S/C12H12N2O4/c1-14-12(17-2)5-9(13-14)11(16)6-10(15)8-3-4-18-7-8/h3-5,7H,6H2,1-2H3. The van der Waals surface area contributed by atoms with Crippen LogP contribution in [0.2, 0.25) is 0 Å². The van der Waals surface area contributed by atoms with E-state index in [1.807, 2.05) is 0 Å². The predicted octanol–water partition coefficient (Wildman–Crippen LogP) is 1.48. The molecule has 2 aromatic rings. The van der Waals surface area contributed by atoms with E-state index in [2.05, 4.69) is 5.10 Å². The Hall–Kier alpha value is -2.37. The number of aromatic nitrogens is 2. The number of carbonyl (C=O) groups is 2. The summed E-state index contributed by atoms with van der Waals surface area (Å²) < 4.78 is 11.2. The van der Waals surface area contributed by atoms with E-state index in [9.17, 15) is 9.59 Å². The third kappa shape index (κ3) is 2.32. The second kappa shape index (κ2) is 4.87. The van der Waals surface area contributed by atoms with Crippen LogP contribution in [-0.2, 0) is 7.05 Å². The fourth-order valence-electron chi connectivity index (χ4n) is 1.54. The summed E-state index contributed by atoms with van der Waals surface area (Å²) in [6.07, 6.45) is 2.47. The van der Waals surface area contributed by atoms with Gasteiger partial charge in [0.1, 0.15) is 12.0 Å². The van der Waals surface area contributed by atoms with Gasteiger partial charge in [-0.2, -0.15) is 5.10 Å². The first kappa shape index (κ1) is 12.1. The van der Waals surface area contributed by atoms with Crippen molar-refractivity contribution < 1.29 is 18.7 Å². The van der Waals surface area contributed by atoms with E-state index >= 15 is 0 Å². The molecule has 0 N–H and O–H groups in total. The molecule has 0 atom stereocenters. The number of methoxy groups -OCH3 is 1. The number of carbonyl (C=O) groups excluding carboxylic acids is 2. The van der Waals surface area contributed by atoms with Crippen LogP contribution in [0, 0.1) is 0 Å². The van der Waals surface area contributed by atoms with Gasteiger partial charge in [0.15, 0.2) is 11.6 Å². The molecule has 0 amide bonds. The summed E-state index contributed by atoms with van der Waals surface area (Å²) in [5.41, 5.74) is 0.595. The molecule has 2 rings (SSSR count). The maximum absolute atomic E-state index is 11.8.